The molecule has 0 unspecified atom stereocenters. The number of hydrogen-bond acceptors (Lipinski definition) is 4. The summed E-state index contributed by atoms with van der Waals surface area (Å²) < 4.78 is 7.88. The number of methoxy groups -OCH3 is 1. The second-order valence-electron chi connectivity index (χ2n) is 5.94. The summed E-state index contributed by atoms with van der Waals surface area (Å²) in [5, 5.41) is 8.50. The van der Waals surface area contributed by atoms with Gasteiger partial charge in [0, 0.05) is 23.2 Å². The van der Waals surface area contributed by atoms with Crippen LogP contribution in [0, 0.1) is 0 Å². The molecule has 0 saturated carbocycles. The Labute approximate surface area is 170 Å². The summed E-state index contributed by atoms with van der Waals surface area (Å²) in [6.07, 6.45) is 1.73. The quantitative estimate of drug-likeness (QED) is 0.447. The molecular formula is C20H16BrClN4O. The first-order chi connectivity index (χ1) is 13.2. The summed E-state index contributed by atoms with van der Waals surface area (Å²) in [7, 11) is 1.66. The van der Waals surface area contributed by atoms with Crippen molar-refractivity contribution in [3.8, 4) is 17.0 Å². The Hall–Kier alpha value is -2.57. The third kappa shape index (κ3) is 3.63. The molecule has 4 aromatic rings. The van der Waals surface area contributed by atoms with Gasteiger partial charge < -0.3 is 10.1 Å². The molecule has 0 aliphatic carbocycles. The molecule has 2 aromatic heterocycles. The molecule has 0 bridgehead atoms. The fraction of sp³-hybridized carbons (Fsp3) is 0.100. The lowest BCUT2D eigenvalue weighted by Gasteiger charge is -2.12. The zero-order chi connectivity index (χ0) is 18.8. The van der Waals surface area contributed by atoms with Crippen molar-refractivity contribution in [2.24, 2.45) is 0 Å². The van der Waals surface area contributed by atoms with Crippen molar-refractivity contribution in [2.45, 2.75) is 6.54 Å². The maximum atomic E-state index is 6.37. The number of nitrogens with zero attached hydrogens (tertiary/aromatic N) is 3. The zero-order valence-electron chi connectivity index (χ0n) is 14.5. The highest BCUT2D eigenvalue weighted by Gasteiger charge is 2.13. The summed E-state index contributed by atoms with van der Waals surface area (Å²) in [6, 6.07) is 17.6. The number of fused-ring (bicyclic) bond motifs is 1. The van der Waals surface area contributed by atoms with Gasteiger partial charge in [-0.15, -0.1) is 0 Å². The number of hydrogen-bond donors (Lipinski definition) is 1. The van der Waals surface area contributed by atoms with E-state index >= 15 is 0 Å². The molecular weight excluding hydrogens is 428 g/mol. The number of nitrogens with one attached hydrogen (secondary N) is 1. The minimum Gasteiger partial charge on any atom is -0.497 e. The summed E-state index contributed by atoms with van der Waals surface area (Å²) in [5.74, 6) is 1.65. The molecule has 136 valence electrons. The van der Waals surface area contributed by atoms with Crippen LogP contribution in [0.5, 0.6) is 5.75 Å². The van der Waals surface area contributed by atoms with E-state index < -0.39 is 0 Å². The van der Waals surface area contributed by atoms with Gasteiger partial charge in [-0.25, -0.2) is 4.98 Å². The lowest BCUT2D eigenvalue weighted by Crippen LogP contribution is -2.07. The van der Waals surface area contributed by atoms with Gasteiger partial charge in [-0.05, 0) is 39.7 Å². The topological polar surface area (TPSA) is 51.5 Å². The van der Waals surface area contributed by atoms with Gasteiger partial charge in [0.05, 0.1) is 23.5 Å². The van der Waals surface area contributed by atoms with Gasteiger partial charge in [-0.1, -0.05) is 41.9 Å². The van der Waals surface area contributed by atoms with E-state index in [2.05, 4.69) is 26.3 Å². The molecule has 0 amide bonds. The Morgan fingerprint density at radius 1 is 1.15 bits per heavy atom. The average molecular weight is 444 g/mol. The first-order valence-electron chi connectivity index (χ1n) is 8.31. The van der Waals surface area contributed by atoms with Crippen molar-refractivity contribution in [3.63, 3.8) is 0 Å². The normalized spacial score (nSPS) is 10.9. The number of benzene rings is 2. The Bertz CT molecular complexity index is 1110. The molecule has 0 spiro atoms. The molecule has 0 radical (unpaired) electrons. The van der Waals surface area contributed by atoms with Crippen molar-refractivity contribution < 1.29 is 4.74 Å². The highest BCUT2D eigenvalue weighted by atomic mass is 79.9. The van der Waals surface area contributed by atoms with Gasteiger partial charge >= 0.3 is 0 Å². The van der Waals surface area contributed by atoms with Crippen LogP contribution < -0.4 is 10.1 Å². The molecule has 0 saturated heterocycles. The van der Waals surface area contributed by atoms with E-state index in [-0.39, 0.29) is 0 Å². The van der Waals surface area contributed by atoms with Crippen LogP contribution in [0.1, 0.15) is 5.56 Å². The lowest BCUT2D eigenvalue weighted by atomic mass is 10.1. The minimum absolute atomic E-state index is 0.621. The molecule has 4 rings (SSSR count). The average Bonchev–Trinajstić information content (AvgIpc) is 3.07. The van der Waals surface area contributed by atoms with Crippen LogP contribution in [0.15, 0.2) is 65.3 Å². The largest absolute Gasteiger partial charge is 0.497 e. The van der Waals surface area contributed by atoms with Gasteiger partial charge in [-0.2, -0.15) is 9.61 Å². The van der Waals surface area contributed by atoms with Crippen LogP contribution in [0.25, 0.3) is 16.9 Å². The second kappa shape index (κ2) is 7.58. The van der Waals surface area contributed by atoms with E-state index in [9.17, 15) is 0 Å². The Kier molecular flexibility index (Phi) is 5.01. The smallest absolute Gasteiger partial charge is 0.172 e. The SMILES string of the molecule is COc1cccc(CNc2cc(-c3ccccc3Cl)nc3c(Br)cnn23)c1. The van der Waals surface area contributed by atoms with E-state index in [0.717, 1.165) is 38.5 Å². The van der Waals surface area contributed by atoms with Gasteiger partial charge in [0.2, 0.25) is 0 Å². The van der Waals surface area contributed by atoms with Crippen LogP contribution in [-0.4, -0.2) is 21.7 Å². The summed E-state index contributed by atoms with van der Waals surface area (Å²) in [6.45, 7) is 0.621. The number of halogens is 2. The van der Waals surface area contributed by atoms with Crippen LogP contribution in [0.2, 0.25) is 5.02 Å². The van der Waals surface area contributed by atoms with Crippen LogP contribution in [-0.2, 0) is 6.54 Å². The van der Waals surface area contributed by atoms with E-state index in [4.69, 9.17) is 21.3 Å². The maximum Gasteiger partial charge on any atom is 0.172 e. The predicted octanol–water partition coefficient (Wildman–Crippen LogP) is 5.43. The Balaban J connectivity index is 1.74. The van der Waals surface area contributed by atoms with Crippen LogP contribution in [0.4, 0.5) is 5.82 Å². The minimum atomic E-state index is 0.621. The fourth-order valence-corrected chi connectivity index (χ4v) is 3.42. The molecule has 0 fully saturated rings. The molecule has 7 heteroatoms. The van der Waals surface area contributed by atoms with Crippen molar-refractivity contribution in [1.82, 2.24) is 14.6 Å². The molecule has 5 nitrogen and oxygen atoms in total. The van der Waals surface area contributed by atoms with E-state index in [0.29, 0.717) is 11.6 Å². The van der Waals surface area contributed by atoms with Gasteiger partial charge in [0.25, 0.3) is 0 Å². The first-order valence-corrected chi connectivity index (χ1v) is 9.49. The van der Waals surface area contributed by atoms with E-state index in [1.165, 1.54) is 0 Å². The number of aromatic nitrogens is 3. The monoisotopic (exact) mass is 442 g/mol. The summed E-state index contributed by atoms with van der Waals surface area (Å²) in [5.41, 5.74) is 3.48. The standard InChI is InChI=1S/C20H16BrClN4O/c1-27-14-6-4-5-13(9-14)11-23-19-10-18(15-7-2-3-8-17(15)22)25-20-16(21)12-24-26(19)20/h2-10,12,23H,11H2,1H3. The first kappa shape index (κ1) is 17.8. The maximum absolute atomic E-state index is 6.37. The third-order valence-electron chi connectivity index (χ3n) is 4.19. The molecule has 27 heavy (non-hydrogen) atoms. The summed E-state index contributed by atoms with van der Waals surface area (Å²) in [4.78, 5) is 4.72. The van der Waals surface area contributed by atoms with Gasteiger partial charge in [-0.3, -0.25) is 0 Å². The second-order valence-corrected chi connectivity index (χ2v) is 7.20. The van der Waals surface area contributed by atoms with Crippen LogP contribution >= 0.6 is 27.5 Å². The van der Waals surface area contributed by atoms with Crippen molar-refractivity contribution in [1.29, 1.82) is 0 Å². The molecule has 0 aliphatic rings. The Morgan fingerprint density at radius 3 is 2.81 bits per heavy atom. The van der Waals surface area contributed by atoms with E-state index in [1.54, 1.807) is 17.8 Å². The molecule has 1 N–H and O–H groups in total. The van der Waals surface area contributed by atoms with Gasteiger partial charge in [0.1, 0.15) is 11.6 Å². The van der Waals surface area contributed by atoms with Crippen LogP contribution in [0.3, 0.4) is 0 Å². The number of ether oxygens (including phenoxy) is 1. The molecule has 0 aliphatic heterocycles. The molecule has 0 atom stereocenters. The highest BCUT2D eigenvalue weighted by molar-refractivity contribution is 9.10. The third-order valence-corrected chi connectivity index (χ3v) is 5.08. The lowest BCUT2D eigenvalue weighted by molar-refractivity contribution is 0.414. The number of rotatable bonds is 5. The molecule has 2 aromatic carbocycles. The van der Waals surface area contributed by atoms with Crippen molar-refractivity contribution in [3.05, 3.63) is 75.9 Å². The van der Waals surface area contributed by atoms with Gasteiger partial charge in [0.15, 0.2) is 5.65 Å². The fourth-order valence-electron chi connectivity index (χ4n) is 2.84. The predicted molar refractivity (Wildman–Crippen MR) is 111 cm³/mol. The van der Waals surface area contributed by atoms with Crippen molar-refractivity contribution in [2.75, 3.05) is 12.4 Å². The highest BCUT2D eigenvalue weighted by Crippen LogP contribution is 2.30. The Morgan fingerprint density at radius 2 is 2.00 bits per heavy atom. The summed E-state index contributed by atoms with van der Waals surface area (Å²) >= 11 is 9.89. The van der Waals surface area contributed by atoms with Crippen molar-refractivity contribution >= 4 is 39.0 Å². The van der Waals surface area contributed by atoms with E-state index in [1.807, 2.05) is 54.6 Å². The molecule has 2 heterocycles. The number of anilines is 1. The zero-order valence-corrected chi connectivity index (χ0v) is 16.8.